The van der Waals surface area contributed by atoms with E-state index in [4.69, 9.17) is 14.9 Å². The minimum Gasteiger partial charge on any atom is -0.408 e. The Labute approximate surface area is 167 Å². The summed E-state index contributed by atoms with van der Waals surface area (Å²) in [5.41, 5.74) is 5.44. The highest BCUT2D eigenvalue weighted by molar-refractivity contribution is 6.74. The molecule has 5 atom stereocenters. The molecule has 1 fully saturated rings. The van der Waals surface area contributed by atoms with E-state index < -0.39 is 44.9 Å². The zero-order valence-corrected chi connectivity index (χ0v) is 18.5. The summed E-state index contributed by atoms with van der Waals surface area (Å²) in [7, 11) is -2.21. The number of nitrogens with two attached hydrogens (primary N) is 1. The molecular weight excluding hydrogens is 380 g/mol. The molecule has 10 heteroatoms. The second-order valence-electron chi connectivity index (χ2n) is 8.84. The summed E-state index contributed by atoms with van der Waals surface area (Å²) in [6.07, 6.45) is -2.08. The van der Waals surface area contributed by atoms with Crippen molar-refractivity contribution in [2.24, 2.45) is 5.73 Å². The molecule has 0 saturated carbocycles. The van der Waals surface area contributed by atoms with E-state index >= 15 is 0 Å². The van der Waals surface area contributed by atoms with Crippen LogP contribution in [0.4, 0.5) is 0 Å². The summed E-state index contributed by atoms with van der Waals surface area (Å²) in [6, 6.07) is 1.70. The fraction of sp³-hybridized carbons (Fsp3) is 0.778. The molecule has 0 spiro atoms. The summed E-state index contributed by atoms with van der Waals surface area (Å²) < 4.78 is 13.8. The maximum Gasteiger partial charge on any atom is 0.349 e. The molecule has 1 aliphatic heterocycles. The second kappa shape index (κ2) is 8.70. The number of hydrogen-bond donors (Lipinski definition) is 4. The van der Waals surface area contributed by atoms with Crippen LogP contribution in [0.15, 0.2) is 17.1 Å². The lowest BCUT2D eigenvalue weighted by Crippen LogP contribution is -2.50. The molecule has 1 saturated heterocycles. The Bertz CT molecular complexity index is 719. The van der Waals surface area contributed by atoms with Gasteiger partial charge in [-0.05, 0) is 37.5 Å². The molecule has 2 rings (SSSR count). The van der Waals surface area contributed by atoms with E-state index in [2.05, 4.69) is 44.2 Å². The van der Waals surface area contributed by atoms with Crippen LogP contribution >= 0.6 is 0 Å². The van der Waals surface area contributed by atoms with Crippen molar-refractivity contribution in [2.75, 3.05) is 6.54 Å². The van der Waals surface area contributed by atoms with Crippen LogP contribution in [-0.4, -0.2) is 59.3 Å². The molecule has 2 heterocycles. The Hall–Kier alpha value is -1.14. The largest absolute Gasteiger partial charge is 0.408 e. The smallest absolute Gasteiger partial charge is 0.349 e. The van der Waals surface area contributed by atoms with E-state index in [0.29, 0.717) is 18.7 Å². The number of ether oxygens (including phenoxy) is 1. The number of aromatic nitrogens is 2. The molecule has 28 heavy (non-hydrogen) atoms. The van der Waals surface area contributed by atoms with Crippen molar-refractivity contribution in [3.63, 3.8) is 0 Å². The second-order valence-corrected chi connectivity index (χ2v) is 13.6. The van der Waals surface area contributed by atoms with E-state index in [1.165, 1.54) is 4.57 Å². The maximum atomic E-state index is 12.3. The lowest BCUT2D eigenvalue weighted by molar-refractivity contribution is -0.0422. The number of rotatable bonds is 7. The molecule has 0 aliphatic carbocycles. The van der Waals surface area contributed by atoms with Crippen molar-refractivity contribution in [2.45, 2.75) is 83.1 Å². The first-order valence-corrected chi connectivity index (χ1v) is 12.5. The summed E-state index contributed by atoms with van der Waals surface area (Å²) in [4.78, 5) is 16.2. The number of aliphatic hydroxyl groups is 2. The molecule has 0 amide bonds. The normalized spacial score (nSPS) is 27.2. The lowest BCUT2D eigenvalue weighted by Gasteiger charge is -2.40. The van der Waals surface area contributed by atoms with E-state index in [-0.39, 0.29) is 5.04 Å². The van der Waals surface area contributed by atoms with Gasteiger partial charge in [0.1, 0.15) is 12.2 Å². The first kappa shape index (κ1) is 23.1. The van der Waals surface area contributed by atoms with Gasteiger partial charge in [-0.3, -0.25) is 15.6 Å². The van der Waals surface area contributed by atoms with Crippen LogP contribution in [-0.2, 0) is 9.16 Å². The van der Waals surface area contributed by atoms with Crippen LogP contribution in [0.1, 0.15) is 39.1 Å². The number of aliphatic hydroxyl groups excluding tert-OH is 2. The van der Waals surface area contributed by atoms with Crippen molar-refractivity contribution in [3.8, 4) is 0 Å². The highest BCUT2D eigenvalue weighted by Gasteiger charge is 2.50. The van der Waals surface area contributed by atoms with E-state index in [1.54, 1.807) is 19.2 Å². The minimum atomic E-state index is -2.21. The number of hydrogen-bond acceptors (Lipinski definition) is 8. The number of nitrogens with one attached hydrogen (secondary N) is 1. The van der Waals surface area contributed by atoms with E-state index in [9.17, 15) is 15.0 Å². The third kappa shape index (κ3) is 5.26. The quantitative estimate of drug-likeness (QED) is 0.373. The van der Waals surface area contributed by atoms with Crippen molar-refractivity contribution >= 4 is 8.32 Å². The Morgan fingerprint density at radius 2 is 2.11 bits per heavy atom. The summed E-state index contributed by atoms with van der Waals surface area (Å²) >= 11 is 0. The molecule has 0 aromatic carbocycles. The molecule has 2 unspecified atom stereocenters. The Morgan fingerprint density at radius 1 is 1.46 bits per heavy atom. The highest BCUT2D eigenvalue weighted by atomic mass is 28.4. The van der Waals surface area contributed by atoms with Gasteiger partial charge >= 0.3 is 5.69 Å². The van der Waals surface area contributed by atoms with Crippen LogP contribution in [0.25, 0.3) is 0 Å². The summed E-state index contributed by atoms with van der Waals surface area (Å²) in [6.45, 7) is 12.7. The van der Waals surface area contributed by atoms with E-state index in [0.717, 1.165) is 0 Å². The maximum absolute atomic E-state index is 12.3. The van der Waals surface area contributed by atoms with Gasteiger partial charge < -0.3 is 19.4 Å². The van der Waals surface area contributed by atoms with Gasteiger partial charge in [0.05, 0.1) is 6.10 Å². The van der Waals surface area contributed by atoms with Gasteiger partial charge in [0.15, 0.2) is 20.9 Å². The number of nitrogens with zero attached hydrogens (tertiary/aromatic N) is 2. The highest BCUT2D eigenvalue weighted by Crippen LogP contribution is 2.41. The predicted molar refractivity (Wildman–Crippen MR) is 108 cm³/mol. The van der Waals surface area contributed by atoms with Gasteiger partial charge in [-0.25, -0.2) is 4.79 Å². The van der Waals surface area contributed by atoms with Gasteiger partial charge in [0, 0.05) is 18.4 Å². The predicted octanol–water partition coefficient (Wildman–Crippen LogP) is 0.415. The Kier molecular flexibility index (Phi) is 7.19. The summed E-state index contributed by atoms with van der Waals surface area (Å²) in [5, 5.41) is 22.9. The molecule has 1 aromatic heterocycles. The van der Waals surface area contributed by atoms with Crippen molar-refractivity contribution < 1.29 is 19.4 Å². The molecule has 9 nitrogen and oxygen atoms in total. The fourth-order valence-corrected chi connectivity index (χ4v) is 4.23. The molecule has 0 radical (unpaired) electrons. The first-order chi connectivity index (χ1) is 12.8. The van der Waals surface area contributed by atoms with Crippen LogP contribution < -0.4 is 16.7 Å². The Morgan fingerprint density at radius 3 is 2.64 bits per heavy atom. The number of aryl methyl sites for hydroxylation is 1. The molecule has 1 aliphatic rings. The molecule has 160 valence electrons. The standard InChI is InChI=1S/C18H34N4O5Si/c1-11-8-10-22(17(25)21-11)15-13(23)14(27-28(5,6)18(2,3)4)12(26-15)7-9-20-16(19)24/h8,10,12-16,20,23-24H,7,9,19H2,1-6H3/t12-,13+,14?,15-,16?/m1/s1. The van der Waals surface area contributed by atoms with E-state index in [1.807, 2.05) is 0 Å². The van der Waals surface area contributed by atoms with Crippen molar-refractivity contribution in [3.05, 3.63) is 28.4 Å². The first-order valence-electron chi connectivity index (χ1n) is 9.57. The Balaban J connectivity index is 2.28. The van der Waals surface area contributed by atoms with Gasteiger partial charge in [-0.2, -0.15) is 4.98 Å². The van der Waals surface area contributed by atoms with Gasteiger partial charge in [0.25, 0.3) is 0 Å². The lowest BCUT2D eigenvalue weighted by atomic mass is 10.1. The fourth-order valence-electron chi connectivity index (χ4n) is 2.91. The van der Waals surface area contributed by atoms with Gasteiger partial charge in [0.2, 0.25) is 0 Å². The SMILES string of the molecule is Cc1ccn([C@@H]2O[C@H](CCNC(N)O)C(O[Si](C)(C)C(C)(C)C)[C@@H]2O)c(=O)n1. The monoisotopic (exact) mass is 414 g/mol. The molecular formula is C18H34N4O5Si. The zero-order chi connectivity index (χ0) is 21.3. The van der Waals surface area contributed by atoms with Gasteiger partial charge in [-0.15, -0.1) is 0 Å². The van der Waals surface area contributed by atoms with Crippen LogP contribution in [0.2, 0.25) is 18.1 Å². The zero-order valence-electron chi connectivity index (χ0n) is 17.5. The van der Waals surface area contributed by atoms with Crippen molar-refractivity contribution in [1.29, 1.82) is 0 Å². The molecule has 1 aromatic rings. The summed E-state index contributed by atoms with van der Waals surface area (Å²) in [5.74, 6) is 0. The van der Waals surface area contributed by atoms with Crippen LogP contribution in [0.3, 0.4) is 0 Å². The van der Waals surface area contributed by atoms with Crippen LogP contribution in [0, 0.1) is 6.92 Å². The third-order valence-corrected chi connectivity index (χ3v) is 10.0. The van der Waals surface area contributed by atoms with Crippen LogP contribution in [0.5, 0.6) is 0 Å². The van der Waals surface area contributed by atoms with Gasteiger partial charge in [-0.1, -0.05) is 20.8 Å². The molecule has 5 N–H and O–H groups in total. The minimum absolute atomic E-state index is 0.0523. The topological polar surface area (TPSA) is 132 Å². The molecule has 0 bridgehead atoms. The third-order valence-electron chi connectivity index (χ3n) is 5.57. The average molecular weight is 415 g/mol. The van der Waals surface area contributed by atoms with Crippen molar-refractivity contribution in [1.82, 2.24) is 14.9 Å². The average Bonchev–Trinajstić information content (AvgIpc) is 2.82.